The standard InChI is InChI=1S/C32H32N2O10S2.C30H26I2N2O6/c1-19-21(17-43-31-27(45(5,37)38)13-23(15-35)29(33-31)41-3)9-7-11-25(19)26-12-8-10-22(20(26)2)18-44-32-28(46(6,39)40)14-24(16-36)30(34-32)42-4;1-17-19(15-39-29-25(31)11-21(13-35)27(33-29)37-3)7-5-9-23(17)24-10-6-8-20(18(24)2)16-40-30-26(32)12-22(14-36)28(34-30)38-4/h7-16H,17-18H2,1-6H3;5-14H,15-16H2,1-4H3. The van der Waals surface area contributed by atoms with Gasteiger partial charge in [-0.25, -0.2) is 16.8 Å². The fourth-order valence-electron chi connectivity index (χ4n) is 8.94. The van der Waals surface area contributed by atoms with Gasteiger partial charge < -0.3 is 37.9 Å². The van der Waals surface area contributed by atoms with E-state index in [9.17, 15) is 36.0 Å². The van der Waals surface area contributed by atoms with Gasteiger partial charge in [0.1, 0.15) is 36.2 Å². The molecule has 0 amide bonds. The van der Waals surface area contributed by atoms with Gasteiger partial charge in [-0.2, -0.15) is 19.9 Å². The number of halogens is 2. The predicted molar refractivity (Wildman–Crippen MR) is 336 cm³/mol. The van der Waals surface area contributed by atoms with E-state index in [4.69, 9.17) is 37.9 Å². The maximum absolute atomic E-state index is 12.4. The van der Waals surface area contributed by atoms with Crippen LogP contribution in [0.4, 0.5) is 0 Å². The molecule has 448 valence electrons. The Bertz CT molecular complexity index is 3880. The van der Waals surface area contributed by atoms with E-state index >= 15 is 0 Å². The highest BCUT2D eigenvalue weighted by molar-refractivity contribution is 14.1. The number of nitrogens with zero attached hydrogens (tertiary/aromatic N) is 4. The quantitative estimate of drug-likeness (QED) is 0.0402. The molecule has 0 N–H and O–H groups in total. The highest BCUT2D eigenvalue weighted by Crippen LogP contribution is 2.36. The molecule has 0 unspecified atom stereocenters. The van der Waals surface area contributed by atoms with Crippen LogP contribution in [0.1, 0.15) is 85.9 Å². The number of ether oxygens (including phenoxy) is 8. The number of carbonyl (C=O) groups is 4. The van der Waals surface area contributed by atoms with Gasteiger partial charge in [-0.3, -0.25) is 19.2 Å². The summed E-state index contributed by atoms with van der Waals surface area (Å²) >= 11 is 4.20. The van der Waals surface area contributed by atoms with E-state index in [-0.39, 0.29) is 69.4 Å². The minimum Gasteiger partial charge on any atom is -0.480 e. The third kappa shape index (κ3) is 15.1. The molecule has 20 nitrogen and oxygen atoms in total. The molecule has 4 heterocycles. The van der Waals surface area contributed by atoms with Gasteiger partial charge in [0.25, 0.3) is 0 Å². The van der Waals surface area contributed by atoms with E-state index < -0.39 is 19.7 Å². The molecule has 0 aliphatic heterocycles. The second-order valence-electron chi connectivity index (χ2n) is 19.1. The molecule has 0 radical (unpaired) electrons. The van der Waals surface area contributed by atoms with Crippen molar-refractivity contribution >= 4 is 90.0 Å². The summed E-state index contributed by atoms with van der Waals surface area (Å²) < 4.78 is 95.8. The number of aldehydes is 4. The summed E-state index contributed by atoms with van der Waals surface area (Å²) in [7, 11) is -2.00. The molecule has 86 heavy (non-hydrogen) atoms. The maximum atomic E-state index is 12.4. The fraction of sp³-hybridized carbons (Fsp3) is 0.226. The number of benzene rings is 4. The molecule has 0 atom stereocenters. The Labute approximate surface area is 525 Å². The largest absolute Gasteiger partial charge is 0.480 e. The molecule has 8 aromatic rings. The molecule has 0 spiro atoms. The van der Waals surface area contributed by atoms with Gasteiger partial charge in [-0.15, -0.1) is 0 Å². The Morgan fingerprint density at radius 2 is 0.605 bits per heavy atom. The molecular formula is C62H58I2N4O16S2. The van der Waals surface area contributed by atoms with Crippen LogP contribution in [-0.4, -0.2) is 103 Å². The zero-order valence-corrected chi connectivity index (χ0v) is 54.2. The van der Waals surface area contributed by atoms with E-state index in [1.807, 2.05) is 74.5 Å². The third-order valence-electron chi connectivity index (χ3n) is 13.7. The number of pyridine rings is 4. The zero-order chi connectivity index (χ0) is 62.6. The van der Waals surface area contributed by atoms with E-state index in [2.05, 4.69) is 91.1 Å². The van der Waals surface area contributed by atoms with E-state index in [1.165, 1.54) is 40.6 Å². The first-order valence-electron chi connectivity index (χ1n) is 25.8. The molecule has 0 aliphatic rings. The smallest absolute Gasteiger partial charge is 0.236 e. The first-order chi connectivity index (χ1) is 41.0. The summed E-state index contributed by atoms with van der Waals surface area (Å²) in [5, 5.41) is 0. The van der Waals surface area contributed by atoms with Crippen molar-refractivity contribution in [2.45, 2.75) is 63.9 Å². The van der Waals surface area contributed by atoms with Crippen molar-refractivity contribution in [3.8, 4) is 69.3 Å². The molecule has 0 aliphatic carbocycles. The molecule has 0 saturated carbocycles. The highest BCUT2D eigenvalue weighted by Gasteiger charge is 2.24. The van der Waals surface area contributed by atoms with Gasteiger partial charge in [0.2, 0.25) is 47.0 Å². The lowest BCUT2D eigenvalue weighted by Gasteiger charge is -2.18. The Morgan fingerprint density at radius 1 is 0.372 bits per heavy atom. The van der Waals surface area contributed by atoms with Crippen molar-refractivity contribution in [2.75, 3.05) is 41.0 Å². The number of hydrogen-bond acceptors (Lipinski definition) is 20. The van der Waals surface area contributed by atoms with Gasteiger partial charge >= 0.3 is 0 Å². The minimum absolute atomic E-state index is 0.0202. The van der Waals surface area contributed by atoms with Crippen LogP contribution in [-0.2, 0) is 46.1 Å². The summed E-state index contributed by atoms with van der Waals surface area (Å²) in [5.74, 6) is 0.773. The number of rotatable bonds is 24. The molecule has 0 saturated heterocycles. The maximum Gasteiger partial charge on any atom is 0.236 e. The highest BCUT2D eigenvalue weighted by atomic mass is 127. The number of methoxy groups -OCH3 is 4. The molecule has 0 bridgehead atoms. The number of carbonyl (C=O) groups excluding carboxylic acids is 4. The third-order valence-corrected chi connectivity index (χ3v) is 17.4. The molecule has 0 fully saturated rings. The monoisotopic (exact) mass is 1430 g/mol. The Kier molecular flexibility index (Phi) is 22.0. The summed E-state index contributed by atoms with van der Waals surface area (Å²) in [4.78, 5) is 61.9. The summed E-state index contributed by atoms with van der Waals surface area (Å²) in [6.07, 6.45) is 4.34. The Balaban J connectivity index is 0.000000248. The van der Waals surface area contributed by atoms with Crippen LogP contribution in [0, 0.1) is 34.8 Å². The number of hydrogen-bond donors (Lipinski definition) is 0. The van der Waals surface area contributed by atoms with Crippen LogP contribution in [0.3, 0.4) is 0 Å². The SMILES string of the molecule is COc1nc(OCc2cccc(-c3cccc(COc4nc(OC)c(C=O)cc4I)c3C)c2C)c(I)cc1C=O.COc1nc(OCc2cccc(-c3cccc(COc4nc(OC)c(C=O)cc4S(C)(=O)=O)c3C)c2C)c(S(C)(=O)=O)cc1C=O. The lowest BCUT2D eigenvalue weighted by molar-refractivity contribution is 0.111. The lowest BCUT2D eigenvalue weighted by atomic mass is 9.92. The zero-order valence-electron chi connectivity index (χ0n) is 48.3. The van der Waals surface area contributed by atoms with E-state index in [0.29, 0.717) is 61.2 Å². The second-order valence-corrected chi connectivity index (χ2v) is 25.3. The first kappa shape index (κ1) is 65.5. The van der Waals surface area contributed by atoms with Crippen molar-refractivity contribution in [2.24, 2.45) is 0 Å². The summed E-state index contributed by atoms with van der Waals surface area (Å²) in [6.45, 7) is 8.49. The fourth-order valence-corrected chi connectivity index (χ4v) is 11.7. The van der Waals surface area contributed by atoms with Crippen LogP contribution in [0.15, 0.2) is 107 Å². The van der Waals surface area contributed by atoms with Crippen LogP contribution < -0.4 is 37.9 Å². The minimum atomic E-state index is -3.79. The normalized spacial score (nSPS) is 11.1. The van der Waals surface area contributed by atoms with Crippen molar-refractivity contribution in [3.05, 3.63) is 171 Å². The number of sulfone groups is 2. The molecule has 4 aromatic carbocycles. The molecule has 4 aromatic heterocycles. The average molecular weight is 1430 g/mol. The summed E-state index contributed by atoms with van der Waals surface area (Å²) in [5.41, 5.74) is 12.0. The molecule has 24 heteroatoms. The first-order valence-corrected chi connectivity index (χ1v) is 31.7. The predicted octanol–water partition coefficient (Wildman–Crippen LogP) is 11.1. The average Bonchev–Trinajstić information content (AvgIpc) is 2.67. The van der Waals surface area contributed by atoms with Crippen molar-refractivity contribution in [3.63, 3.8) is 0 Å². The van der Waals surface area contributed by atoms with Crippen LogP contribution in [0.2, 0.25) is 0 Å². The van der Waals surface area contributed by atoms with Crippen LogP contribution in [0.5, 0.6) is 47.0 Å². The van der Waals surface area contributed by atoms with Crippen molar-refractivity contribution < 1.29 is 73.9 Å². The van der Waals surface area contributed by atoms with E-state index in [1.54, 1.807) is 12.1 Å². The van der Waals surface area contributed by atoms with Crippen molar-refractivity contribution in [1.29, 1.82) is 0 Å². The molecule has 8 rings (SSSR count). The topological polar surface area (TPSA) is 262 Å². The van der Waals surface area contributed by atoms with Gasteiger partial charge in [-0.05, 0) is 164 Å². The number of aromatic nitrogens is 4. The Morgan fingerprint density at radius 3 is 0.837 bits per heavy atom. The lowest BCUT2D eigenvalue weighted by Crippen LogP contribution is -2.09. The van der Waals surface area contributed by atoms with Gasteiger partial charge in [0.15, 0.2) is 44.8 Å². The van der Waals surface area contributed by atoms with Crippen LogP contribution in [0.25, 0.3) is 22.3 Å². The van der Waals surface area contributed by atoms with Gasteiger partial charge in [0, 0.05) is 12.5 Å². The van der Waals surface area contributed by atoms with Crippen molar-refractivity contribution in [1.82, 2.24) is 19.9 Å². The van der Waals surface area contributed by atoms with Gasteiger partial charge in [0.05, 0.1) is 57.8 Å². The molecular weight excluding hydrogens is 1370 g/mol. The van der Waals surface area contributed by atoms with Gasteiger partial charge in [-0.1, -0.05) is 72.8 Å². The Hall–Kier alpha value is -8.08. The summed E-state index contributed by atoms with van der Waals surface area (Å²) in [6, 6.07) is 29.2. The second kappa shape index (κ2) is 28.9. The van der Waals surface area contributed by atoms with E-state index in [0.717, 1.165) is 86.4 Å². The van der Waals surface area contributed by atoms with Crippen LogP contribution >= 0.6 is 45.2 Å².